The van der Waals surface area contributed by atoms with Crippen LogP contribution in [0, 0.1) is 0 Å². The van der Waals surface area contributed by atoms with Crippen molar-refractivity contribution in [2.45, 2.75) is 18.9 Å². The van der Waals surface area contributed by atoms with Crippen molar-refractivity contribution < 1.29 is 14.7 Å². The maximum Gasteiger partial charge on any atom is 0.326 e. The number of benzene rings is 1. The first-order valence-corrected chi connectivity index (χ1v) is 7.09. The molecule has 1 atom stereocenters. The molecule has 0 saturated heterocycles. The summed E-state index contributed by atoms with van der Waals surface area (Å²) in [5.74, 6) is -0.792. The van der Waals surface area contributed by atoms with Gasteiger partial charge in [-0.1, -0.05) is 30.3 Å². The third kappa shape index (κ3) is 3.61. The van der Waals surface area contributed by atoms with Gasteiger partial charge >= 0.3 is 5.97 Å². The molecule has 1 N–H and O–H groups in total. The van der Waals surface area contributed by atoms with E-state index in [0.29, 0.717) is 18.6 Å². The summed E-state index contributed by atoms with van der Waals surface area (Å²) in [5.41, 5.74) is 1.08. The molecule has 1 heterocycles. The quantitative estimate of drug-likeness (QED) is 0.895. The summed E-state index contributed by atoms with van der Waals surface area (Å²) in [7, 11) is 0. The Morgan fingerprint density at radius 3 is 2.74 bits per heavy atom. The standard InChI is InChI=1S/C14H15NO3S/c16-13-10-19-9-8-15(13)12(14(17)18)7-6-11-4-2-1-3-5-11/h1-5,8-9,12H,6-7,10H2,(H,17,18). The first kappa shape index (κ1) is 13.7. The monoisotopic (exact) mass is 277 g/mol. The second kappa shape index (κ2) is 6.43. The minimum absolute atomic E-state index is 0.145. The van der Waals surface area contributed by atoms with Crippen LogP contribution in [0.4, 0.5) is 0 Å². The Morgan fingerprint density at radius 2 is 2.11 bits per heavy atom. The highest BCUT2D eigenvalue weighted by Crippen LogP contribution is 2.18. The zero-order chi connectivity index (χ0) is 13.7. The van der Waals surface area contributed by atoms with Gasteiger partial charge in [-0.05, 0) is 23.8 Å². The molecule has 1 aliphatic heterocycles. The number of carboxylic acids is 1. The van der Waals surface area contributed by atoms with Gasteiger partial charge in [0.15, 0.2) is 0 Å². The Hall–Kier alpha value is -1.75. The van der Waals surface area contributed by atoms with E-state index in [-0.39, 0.29) is 5.91 Å². The summed E-state index contributed by atoms with van der Waals surface area (Å²) in [4.78, 5) is 24.4. The Bertz CT molecular complexity index is 487. The third-order valence-electron chi connectivity index (χ3n) is 2.98. The van der Waals surface area contributed by atoms with E-state index in [4.69, 9.17) is 0 Å². The molecule has 1 aliphatic rings. The van der Waals surface area contributed by atoms with E-state index in [1.54, 1.807) is 11.6 Å². The number of aryl methyl sites for hydroxylation is 1. The largest absolute Gasteiger partial charge is 0.480 e. The number of amides is 1. The molecule has 0 spiro atoms. The van der Waals surface area contributed by atoms with Crippen molar-refractivity contribution in [1.82, 2.24) is 4.90 Å². The molecule has 1 aromatic rings. The molecule has 5 heteroatoms. The van der Waals surface area contributed by atoms with Crippen LogP contribution in [-0.2, 0) is 16.0 Å². The van der Waals surface area contributed by atoms with Crippen molar-refractivity contribution in [1.29, 1.82) is 0 Å². The molecule has 100 valence electrons. The maximum atomic E-state index is 11.7. The van der Waals surface area contributed by atoms with E-state index < -0.39 is 12.0 Å². The molecular weight excluding hydrogens is 262 g/mol. The first-order chi connectivity index (χ1) is 9.18. The van der Waals surface area contributed by atoms with Crippen LogP contribution in [0.2, 0.25) is 0 Å². The molecule has 2 rings (SSSR count). The lowest BCUT2D eigenvalue weighted by molar-refractivity contribution is -0.147. The van der Waals surface area contributed by atoms with Crippen LogP contribution in [0.3, 0.4) is 0 Å². The number of hydrogen-bond acceptors (Lipinski definition) is 3. The molecule has 1 aromatic carbocycles. The van der Waals surface area contributed by atoms with Gasteiger partial charge < -0.3 is 10.0 Å². The SMILES string of the molecule is O=C(O)C(CCc1ccccc1)N1C=CSCC1=O. The van der Waals surface area contributed by atoms with Gasteiger partial charge in [-0.3, -0.25) is 4.79 Å². The Balaban J connectivity index is 2.04. The van der Waals surface area contributed by atoms with Gasteiger partial charge in [-0.15, -0.1) is 11.8 Å². The molecule has 1 unspecified atom stereocenters. The van der Waals surface area contributed by atoms with Crippen molar-refractivity contribution in [3.63, 3.8) is 0 Å². The number of aliphatic carboxylic acids is 1. The van der Waals surface area contributed by atoms with E-state index in [1.165, 1.54) is 16.7 Å². The molecule has 1 amide bonds. The van der Waals surface area contributed by atoms with Gasteiger partial charge in [-0.2, -0.15) is 0 Å². The number of carbonyl (C=O) groups is 2. The topological polar surface area (TPSA) is 57.6 Å². The number of nitrogens with zero attached hydrogens (tertiary/aromatic N) is 1. The normalized spacial score (nSPS) is 16.4. The molecule has 0 fully saturated rings. The van der Waals surface area contributed by atoms with Crippen molar-refractivity contribution in [2.75, 3.05) is 5.75 Å². The van der Waals surface area contributed by atoms with Crippen molar-refractivity contribution in [3.05, 3.63) is 47.5 Å². The number of rotatable bonds is 5. The predicted octanol–water partition coefficient (Wildman–Crippen LogP) is 2.12. The molecule has 0 aromatic heterocycles. The predicted molar refractivity (Wildman–Crippen MR) is 74.6 cm³/mol. The lowest BCUT2D eigenvalue weighted by atomic mass is 10.0. The van der Waals surface area contributed by atoms with Gasteiger partial charge in [-0.25, -0.2) is 4.79 Å². The second-order valence-corrected chi connectivity index (χ2v) is 5.17. The minimum Gasteiger partial charge on any atom is -0.480 e. The Labute approximate surface area is 116 Å². The maximum absolute atomic E-state index is 11.7. The van der Waals surface area contributed by atoms with Gasteiger partial charge in [0.2, 0.25) is 5.91 Å². The van der Waals surface area contributed by atoms with Crippen LogP contribution in [0.5, 0.6) is 0 Å². The fraction of sp³-hybridized carbons (Fsp3) is 0.286. The van der Waals surface area contributed by atoms with Crippen molar-refractivity contribution in [3.8, 4) is 0 Å². The van der Waals surface area contributed by atoms with Crippen LogP contribution in [-0.4, -0.2) is 33.7 Å². The van der Waals surface area contributed by atoms with E-state index in [9.17, 15) is 14.7 Å². The van der Waals surface area contributed by atoms with Crippen LogP contribution in [0.15, 0.2) is 41.9 Å². The highest BCUT2D eigenvalue weighted by atomic mass is 32.2. The zero-order valence-electron chi connectivity index (χ0n) is 10.4. The highest BCUT2D eigenvalue weighted by molar-refractivity contribution is 8.02. The average molecular weight is 277 g/mol. The van der Waals surface area contributed by atoms with Crippen LogP contribution in [0.1, 0.15) is 12.0 Å². The molecular formula is C14H15NO3S. The summed E-state index contributed by atoms with van der Waals surface area (Å²) in [6.07, 6.45) is 2.63. The van der Waals surface area contributed by atoms with Crippen molar-refractivity contribution >= 4 is 23.6 Å². The fourth-order valence-corrected chi connectivity index (χ4v) is 2.60. The minimum atomic E-state index is -0.958. The second-order valence-electron chi connectivity index (χ2n) is 4.28. The molecule has 0 aliphatic carbocycles. The molecule has 0 bridgehead atoms. The van der Waals surface area contributed by atoms with E-state index >= 15 is 0 Å². The number of thioether (sulfide) groups is 1. The van der Waals surface area contributed by atoms with Crippen LogP contribution >= 0.6 is 11.8 Å². The summed E-state index contributed by atoms with van der Waals surface area (Å²) in [6, 6.07) is 8.91. The first-order valence-electron chi connectivity index (χ1n) is 6.04. The Kier molecular flexibility index (Phi) is 4.63. The number of carbonyl (C=O) groups excluding carboxylic acids is 1. The molecule has 0 radical (unpaired) electrons. The summed E-state index contributed by atoms with van der Waals surface area (Å²) >= 11 is 1.39. The third-order valence-corrected chi connectivity index (χ3v) is 3.71. The Morgan fingerprint density at radius 1 is 1.37 bits per heavy atom. The summed E-state index contributed by atoms with van der Waals surface area (Å²) in [5, 5.41) is 11.1. The fourth-order valence-electron chi connectivity index (χ4n) is 1.99. The lowest BCUT2D eigenvalue weighted by Gasteiger charge is -2.27. The van der Waals surface area contributed by atoms with Gasteiger partial charge in [0.25, 0.3) is 0 Å². The summed E-state index contributed by atoms with van der Waals surface area (Å²) in [6.45, 7) is 0. The zero-order valence-corrected chi connectivity index (χ0v) is 11.2. The van der Waals surface area contributed by atoms with Gasteiger partial charge in [0.1, 0.15) is 6.04 Å². The van der Waals surface area contributed by atoms with Gasteiger partial charge in [0.05, 0.1) is 5.75 Å². The van der Waals surface area contributed by atoms with Crippen molar-refractivity contribution in [2.24, 2.45) is 0 Å². The molecule has 19 heavy (non-hydrogen) atoms. The molecule has 4 nitrogen and oxygen atoms in total. The number of carboxylic acid groups (broad SMARTS) is 1. The van der Waals surface area contributed by atoms with E-state index in [2.05, 4.69) is 0 Å². The van der Waals surface area contributed by atoms with E-state index in [1.807, 2.05) is 30.3 Å². The summed E-state index contributed by atoms with van der Waals surface area (Å²) < 4.78 is 0. The van der Waals surface area contributed by atoms with E-state index in [0.717, 1.165) is 5.56 Å². The van der Waals surface area contributed by atoms with Gasteiger partial charge in [0, 0.05) is 6.20 Å². The average Bonchev–Trinajstić information content (AvgIpc) is 2.42. The van der Waals surface area contributed by atoms with Crippen LogP contribution < -0.4 is 0 Å². The number of hydrogen-bond donors (Lipinski definition) is 1. The molecule has 0 saturated carbocycles. The smallest absolute Gasteiger partial charge is 0.326 e. The highest BCUT2D eigenvalue weighted by Gasteiger charge is 2.29. The lowest BCUT2D eigenvalue weighted by Crippen LogP contribution is -2.43. The van der Waals surface area contributed by atoms with Crippen LogP contribution in [0.25, 0.3) is 0 Å².